The molecule has 0 heterocycles. The Morgan fingerprint density at radius 3 is 2.63 bits per heavy atom. The molecule has 0 saturated carbocycles. The van der Waals surface area contributed by atoms with Gasteiger partial charge in [-0.1, -0.05) is 37.8 Å². The van der Waals surface area contributed by atoms with Crippen LogP contribution in [0.1, 0.15) is 55.5 Å². The van der Waals surface area contributed by atoms with E-state index in [1.807, 2.05) is 32.0 Å². The van der Waals surface area contributed by atoms with Crippen LogP contribution in [-0.4, -0.2) is 19.0 Å². The van der Waals surface area contributed by atoms with Gasteiger partial charge < -0.3 is 10.6 Å². The summed E-state index contributed by atoms with van der Waals surface area (Å²) in [4.78, 5) is 12.2. The van der Waals surface area contributed by atoms with Crippen LogP contribution in [0.5, 0.6) is 0 Å². The summed E-state index contributed by atoms with van der Waals surface area (Å²) in [6, 6.07) is 5.94. The number of rotatable bonds is 8. The smallest absolute Gasteiger partial charge is 0.253 e. The van der Waals surface area contributed by atoms with Crippen LogP contribution in [0, 0.1) is 6.92 Å². The first-order valence-electron chi connectivity index (χ1n) is 7.31. The van der Waals surface area contributed by atoms with E-state index in [1.54, 1.807) is 0 Å². The minimum absolute atomic E-state index is 0.0242. The zero-order valence-corrected chi connectivity index (χ0v) is 12.4. The van der Waals surface area contributed by atoms with E-state index in [0.29, 0.717) is 0 Å². The van der Waals surface area contributed by atoms with Gasteiger partial charge in [-0.2, -0.15) is 0 Å². The predicted molar refractivity (Wildman–Crippen MR) is 81.8 cm³/mol. The lowest BCUT2D eigenvalue weighted by molar-refractivity contribution is 0.0953. The maximum atomic E-state index is 12.2. The van der Waals surface area contributed by atoms with Crippen LogP contribution < -0.4 is 10.6 Å². The van der Waals surface area contributed by atoms with Crippen molar-refractivity contribution in [3.8, 4) is 0 Å². The fourth-order valence-electron chi connectivity index (χ4n) is 2.04. The van der Waals surface area contributed by atoms with Crippen molar-refractivity contribution in [2.75, 3.05) is 18.4 Å². The molecule has 0 fully saturated rings. The Labute approximate surface area is 116 Å². The van der Waals surface area contributed by atoms with Crippen LogP contribution in [-0.2, 0) is 0 Å². The Bertz CT molecular complexity index is 402. The van der Waals surface area contributed by atoms with E-state index in [0.717, 1.165) is 36.3 Å². The lowest BCUT2D eigenvalue weighted by Gasteiger charge is -2.12. The van der Waals surface area contributed by atoms with Crippen molar-refractivity contribution in [3.63, 3.8) is 0 Å². The highest BCUT2D eigenvalue weighted by atomic mass is 16.1. The van der Waals surface area contributed by atoms with Crippen LogP contribution in [0.4, 0.5) is 5.69 Å². The zero-order chi connectivity index (χ0) is 14.1. The Morgan fingerprint density at radius 2 is 1.95 bits per heavy atom. The van der Waals surface area contributed by atoms with Crippen molar-refractivity contribution in [2.45, 2.75) is 46.5 Å². The van der Waals surface area contributed by atoms with E-state index in [1.165, 1.54) is 19.3 Å². The second-order valence-corrected chi connectivity index (χ2v) is 4.90. The monoisotopic (exact) mass is 262 g/mol. The Hall–Kier alpha value is -1.51. The van der Waals surface area contributed by atoms with Gasteiger partial charge in [0.15, 0.2) is 0 Å². The van der Waals surface area contributed by atoms with E-state index in [-0.39, 0.29) is 5.91 Å². The van der Waals surface area contributed by atoms with Crippen molar-refractivity contribution in [2.24, 2.45) is 0 Å². The summed E-state index contributed by atoms with van der Waals surface area (Å²) in [5.41, 5.74) is 2.77. The standard InChI is InChI=1S/C16H26N2O/c1-4-6-7-8-11-18-16(19)14-12-13(3)9-10-15(14)17-5-2/h9-10,12,17H,4-8,11H2,1-3H3,(H,18,19). The van der Waals surface area contributed by atoms with Gasteiger partial charge in [-0.05, 0) is 32.4 Å². The number of hydrogen-bond acceptors (Lipinski definition) is 2. The van der Waals surface area contributed by atoms with Gasteiger partial charge in [-0.3, -0.25) is 4.79 Å². The van der Waals surface area contributed by atoms with E-state index in [4.69, 9.17) is 0 Å². The summed E-state index contributed by atoms with van der Waals surface area (Å²) >= 11 is 0. The molecule has 0 spiro atoms. The van der Waals surface area contributed by atoms with Crippen LogP contribution >= 0.6 is 0 Å². The molecular formula is C16H26N2O. The predicted octanol–water partition coefficient (Wildman–Crippen LogP) is 3.74. The quantitative estimate of drug-likeness (QED) is 0.701. The highest BCUT2D eigenvalue weighted by molar-refractivity contribution is 5.99. The minimum Gasteiger partial charge on any atom is -0.385 e. The van der Waals surface area contributed by atoms with Crippen LogP contribution in [0.2, 0.25) is 0 Å². The molecule has 0 aliphatic carbocycles. The Kier molecular flexibility index (Phi) is 7.01. The minimum atomic E-state index is 0.0242. The van der Waals surface area contributed by atoms with Crippen molar-refractivity contribution in [1.29, 1.82) is 0 Å². The molecule has 0 aliphatic heterocycles. The van der Waals surface area contributed by atoms with Gasteiger partial charge in [0.25, 0.3) is 5.91 Å². The second kappa shape index (κ2) is 8.57. The number of anilines is 1. The van der Waals surface area contributed by atoms with Gasteiger partial charge in [0.05, 0.1) is 5.56 Å². The molecule has 3 nitrogen and oxygen atoms in total. The second-order valence-electron chi connectivity index (χ2n) is 4.90. The average molecular weight is 262 g/mol. The Balaban J connectivity index is 2.57. The number of hydrogen-bond donors (Lipinski definition) is 2. The first-order chi connectivity index (χ1) is 9.19. The highest BCUT2D eigenvalue weighted by Crippen LogP contribution is 2.17. The van der Waals surface area contributed by atoms with E-state index < -0.39 is 0 Å². The van der Waals surface area contributed by atoms with Crippen LogP contribution in [0.3, 0.4) is 0 Å². The van der Waals surface area contributed by atoms with Crippen LogP contribution in [0.25, 0.3) is 0 Å². The van der Waals surface area contributed by atoms with Crippen molar-refractivity contribution in [3.05, 3.63) is 29.3 Å². The molecule has 2 N–H and O–H groups in total. The fraction of sp³-hybridized carbons (Fsp3) is 0.562. The third-order valence-electron chi connectivity index (χ3n) is 3.10. The molecule has 106 valence electrons. The molecule has 1 aromatic rings. The molecule has 1 rings (SSSR count). The van der Waals surface area contributed by atoms with E-state index in [9.17, 15) is 4.79 Å². The van der Waals surface area contributed by atoms with Gasteiger partial charge in [0.1, 0.15) is 0 Å². The average Bonchev–Trinajstić information content (AvgIpc) is 2.40. The summed E-state index contributed by atoms with van der Waals surface area (Å²) in [6.07, 6.45) is 4.70. The summed E-state index contributed by atoms with van der Waals surface area (Å²) in [5.74, 6) is 0.0242. The molecule has 0 bridgehead atoms. The molecule has 19 heavy (non-hydrogen) atoms. The number of aryl methyl sites for hydroxylation is 1. The molecule has 0 aliphatic rings. The molecule has 1 amide bonds. The summed E-state index contributed by atoms with van der Waals surface area (Å²) in [5, 5.41) is 6.24. The molecule has 1 aromatic carbocycles. The zero-order valence-electron chi connectivity index (χ0n) is 12.4. The third kappa shape index (κ3) is 5.33. The lowest BCUT2D eigenvalue weighted by atomic mass is 10.1. The molecule has 0 aromatic heterocycles. The summed E-state index contributed by atoms with van der Waals surface area (Å²) in [7, 11) is 0. The molecule has 0 atom stereocenters. The number of nitrogens with one attached hydrogen (secondary N) is 2. The third-order valence-corrected chi connectivity index (χ3v) is 3.10. The summed E-state index contributed by atoms with van der Waals surface area (Å²) in [6.45, 7) is 7.81. The normalized spacial score (nSPS) is 10.3. The van der Waals surface area contributed by atoms with Gasteiger partial charge >= 0.3 is 0 Å². The number of amides is 1. The summed E-state index contributed by atoms with van der Waals surface area (Å²) < 4.78 is 0. The first kappa shape index (κ1) is 15.5. The maximum absolute atomic E-state index is 12.2. The number of unbranched alkanes of at least 4 members (excludes halogenated alkanes) is 3. The van der Waals surface area contributed by atoms with Gasteiger partial charge in [-0.15, -0.1) is 0 Å². The van der Waals surface area contributed by atoms with E-state index in [2.05, 4.69) is 17.6 Å². The van der Waals surface area contributed by atoms with Crippen LogP contribution in [0.15, 0.2) is 18.2 Å². The van der Waals surface area contributed by atoms with E-state index >= 15 is 0 Å². The number of carbonyl (C=O) groups is 1. The van der Waals surface area contributed by atoms with Gasteiger partial charge in [0, 0.05) is 18.8 Å². The highest BCUT2D eigenvalue weighted by Gasteiger charge is 2.10. The van der Waals surface area contributed by atoms with Crippen molar-refractivity contribution >= 4 is 11.6 Å². The maximum Gasteiger partial charge on any atom is 0.253 e. The van der Waals surface area contributed by atoms with Crippen molar-refractivity contribution in [1.82, 2.24) is 5.32 Å². The number of carbonyl (C=O) groups excluding carboxylic acids is 1. The largest absolute Gasteiger partial charge is 0.385 e. The molecule has 0 unspecified atom stereocenters. The SMILES string of the molecule is CCCCCCNC(=O)c1cc(C)ccc1NCC. The van der Waals surface area contributed by atoms with Gasteiger partial charge in [-0.25, -0.2) is 0 Å². The fourth-order valence-corrected chi connectivity index (χ4v) is 2.04. The Morgan fingerprint density at radius 1 is 1.16 bits per heavy atom. The van der Waals surface area contributed by atoms with Crippen molar-refractivity contribution < 1.29 is 4.79 Å². The van der Waals surface area contributed by atoms with Gasteiger partial charge in [0.2, 0.25) is 0 Å². The molecular weight excluding hydrogens is 236 g/mol. The molecule has 0 saturated heterocycles. The number of benzene rings is 1. The molecule has 0 radical (unpaired) electrons. The molecule has 3 heteroatoms. The first-order valence-corrected chi connectivity index (χ1v) is 7.31. The lowest BCUT2D eigenvalue weighted by Crippen LogP contribution is -2.25. The topological polar surface area (TPSA) is 41.1 Å².